The molecule has 178 valence electrons. The van der Waals surface area contributed by atoms with E-state index in [1.807, 2.05) is 30.2 Å². The predicted octanol–water partition coefficient (Wildman–Crippen LogP) is 2.57. The molecule has 1 aliphatic heterocycles. The van der Waals surface area contributed by atoms with Gasteiger partial charge in [-0.25, -0.2) is 4.39 Å². The zero-order valence-electron chi connectivity index (χ0n) is 19.4. The monoisotopic (exact) mass is 474 g/mol. The molecule has 1 aliphatic carbocycles. The summed E-state index contributed by atoms with van der Waals surface area (Å²) >= 11 is 1.35. The van der Waals surface area contributed by atoms with E-state index in [2.05, 4.69) is 20.4 Å². The van der Waals surface area contributed by atoms with Crippen LogP contribution in [0.4, 0.5) is 4.39 Å². The number of carbonyl (C=O) groups excluding carboxylic acids is 2. The Morgan fingerprint density at radius 2 is 1.82 bits per heavy atom. The van der Waals surface area contributed by atoms with E-state index in [1.54, 1.807) is 18.2 Å². The summed E-state index contributed by atoms with van der Waals surface area (Å²) < 4.78 is 16.3. The van der Waals surface area contributed by atoms with Crippen LogP contribution in [0.3, 0.4) is 0 Å². The molecule has 2 aromatic rings. The molecule has 33 heavy (non-hydrogen) atoms. The molecule has 1 N–H and O–H groups in total. The van der Waals surface area contributed by atoms with Crippen LogP contribution in [-0.2, 0) is 9.59 Å². The van der Waals surface area contributed by atoms with E-state index in [1.165, 1.54) is 17.8 Å². The maximum Gasteiger partial charge on any atom is 0.234 e. The van der Waals surface area contributed by atoms with Crippen molar-refractivity contribution >= 4 is 23.6 Å². The number of aromatic nitrogens is 3. The topological polar surface area (TPSA) is 83.4 Å². The van der Waals surface area contributed by atoms with Crippen LogP contribution in [0.5, 0.6) is 0 Å². The first-order chi connectivity index (χ1) is 15.7. The van der Waals surface area contributed by atoms with Crippen LogP contribution >= 0.6 is 11.8 Å². The fraction of sp³-hybridized carbons (Fsp3) is 0.565. The van der Waals surface area contributed by atoms with Crippen molar-refractivity contribution in [2.24, 2.45) is 0 Å². The number of thioether (sulfide) groups is 1. The number of piperazine rings is 1. The summed E-state index contributed by atoms with van der Waals surface area (Å²) in [4.78, 5) is 28.9. The van der Waals surface area contributed by atoms with Gasteiger partial charge < -0.3 is 10.2 Å². The molecule has 1 aromatic heterocycles. The summed E-state index contributed by atoms with van der Waals surface area (Å²) in [6.07, 6.45) is 2.01. The van der Waals surface area contributed by atoms with Crippen molar-refractivity contribution in [1.29, 1.82) is 0 Å². The van der Waals surface area contributed by atoms with E-state index in [9.17, 15) is 14.0 Å². The number of nitrogens with one attached hydrogen (secondary N) is 1. The van der Waals surface area contributed by atoms with Crippen molar-refractivity contribution in [1.82, 2.24) is 29.9 Å². The fourth-order valence-corrected chi connectivity index (χ4v) is 4.81. The minimum absolute atomic E-state index is 0.00269. The van der Waals surface area contributed by atoms with E-state index >= 15 is 0 Å². The molecule has 0 radical (unpaired) electrons. The standard InChI is InChI=1S/C23H31FN6O2S/c1-23(2,3)25-19(31)14-28-10-12-29(13-11-28)20(32)15-33-22-27-26-21(30(22)16-8-9-16)17-6-4-5-7-18(17)24/h4-7,16H,8-15H2,1-3H3,(H,25,31). The molecule has 1 aromatic carbocycles. The number of rotatable bonds is 7. The van der Waals surface area contributed by atoms with E-state index in [0.29, 0.717) is 49.3 Å². The highest BCUT2D eigenvalue weighted by molar-refractivity contribution is 7.99. The summed E-state index contributed by atoms with van der Waals surface area (Å²) in [5, 5.41) is 12.1. The smallest absolute Gasteiger partial charge is 0.234 e. The van der Waals surface area contributed by atoms with E-state index in [4.69, 9.17) is 0 Å². The lowest BCUT2D eigenvalue weighted by molar-refractivity contribution is -0.130. The van der Waals surface area contributed by atoms with Crippen LogP contribution in [0.2, 0.25) is 0 Å². The predicted molar refractivity (Wildman–Crippen MR) is 125 cm³/mol. The van der Waals surface area contributed by atoms with Crippen molar-refractivity contribution in [2.75, 3.05) is 38.5 Å². The quantitative estimate of drug-likeness (QED) is 0.621. The van der Waals surface area contributed by atoms with Gasteiger partial charge in [-0.05, 0) is 45.7 Å². The SMILES string of the molecule is CC(C)(C)NC(=O)CN1CCN(C(=O)CSc2nnc(-c3ccccc3F)n2C2CC2)CC1. The van der Waals surface area contributed by atoms with Gasteiger partial charge in [-0.15, -0.1) is 10.2 Å². The second-order valence-electron chi connectivity index (χ2n) is 9.63. The van der Waals surface area contributed by atoms with Gasteiger partial charge >= 0.3 is 0 Å². The number of hydrogen-bond acceptors (Lipinski definition) is 6. The zero-order chi connectivity index (χ0) is 23.6. The summed E-state index contributed by atoms with van der Waals surface area (Å²) in [5.74, 6) is 0.493. The third-order valence-corrected chi connectivity index (χ3v) is 6.55. The van der Waals surface area contributed by atoms with Crippen molar-refractivity contribution < 1.29 is 14.0 Å². The molecule has 0 bridgehead atoms. The van der Waals surface area contributed by atoms with E-state index in [0.717, 1.165) is 12.8 Å². The van der Waals surface area contributed by atoms with Crippen molar-refractivity contribution in [3.05, 3.63) is 30.1 Å². The third kappa shape index (κ3) is 6.11. The highest BCUT2D eigenvalue weighted by Gasteiger charge is 2.31. The summed E-state index contributed by atoms with van der Waals surface area (Å²) in [5.41, 5.74) is 0.181. The van der Waals surface area contributed by atoms with Crippen LogP contribution in [0.1, 0.15) is 39.7 Å². The summed E-state index contributed by atoms with van der Waals surface area (Å²) in [6, 6.07) is 6.83. The first-order valence-electron chi connectivity index (χ1n) is 11.3. The second kappa shape index (κ2) is 9.80. The Bertz CT molecular complexity index is 1010. The van der Waals surface area contributed by atoms with E-state index in [-0.39, 0.29) is 35.0 Å². The first-order valence-corrected chi connectivity index (χ1v) is 12.3. The number of carbonyl (C=O) groups is 2. The van der Waals surface area contributed by atoms with Gasteiger partial charge in [-0.2, -0.15) is 0 Å². The zero-order valence-corrected chi connectivity index (χ0v) is 20.2. The lowest BCUT2D eigenvalue weighted by atomic mass is 10.1. The Morgan fingerprint density at radius 1 is 1.12 bits per heavy atom. The number of nitrogens with zero attached hydrogens (tertiary/aromatic N) is 5. The van der Waals surface area contributed by atoms with Crippen molar-refractivity contribution in [3.8, 4) is 11.4 Å². The molecule has 8 nitrogen and oxygen atoms in total. The van der Waals surface area contributed by atoms with Crippen LogP contribution in [0.25, 0.3) is 11.4 Å². The molecule has 1 saturated heterocycles. The van der Waals surface area contributed by atoms with Gasteiger partial charge in [0.2, 0.25) is 11.8 Å². The van der Waals surface area contributed by atoms with Crippen LogP contribution in [0, 0.1) is 5.82 Å². The number of hydrogen-bond donors (Lipinski definition) is 1. The lowest BCUT2D eigenvalue weighted by Crippen LogP contribution is -2.53. The molecule has 0 atom stereocenters. The first kappa shape index (κ1) is 23.7. The summed E-state index contributed by atoms with van der Waals surface area (Å²) in [6.45, 7) is 8.76. The highest BCUT2D eigenvalue weighted by atomic mass is 32.2. The van der Waals surface area contributed by atoms with Gasteiger partial charge in [0.05, 0.1) is 17.9 Å². The molecule has 10 heteroatoms. The maximum absolute atomic E-state index is 14.3. The minimum atomic E-state index is -0.325. The average Bonchev–Trinajstić information content (AvgIpc) is 3.51. The van der Waals surface area contributed by atoms with E-state index < -0.39 is 0 Å². The molecule has 1 saturated carbocycles. The molecule has 2 heterocycles. The Balaban J connectivity index is 1.31. The number of benzene rings is 1. The Kier molecular flexibility index (Phi) is 7.04. The Hall–Kier alpha value is -2.46. The molecular weight excluding hydrogens is 443 g/mol. The fourth-order valence-electron chi connectivity index (χ4n) is 3.90. The van der Waals surface area contributed by atoms with Crippen molar-refractivity contribution in [3.63, 3.8) is 0 Å². The Labute approximate surface area is 197 Å². The van der Waals surface area contributed by atoms with Crippen LogP contribution in [-0.4, -0.2) is 80.4 Å². The highest BCUT2D eigenvalue weighted by Crippen LogP contribution is 2.41. The molecule has 2 amide bonds. The molecule has 4 rings (SSSR count). The lowest BCUT2D eigenvalue weighted by Gasteiger charge is -2.34. The number of amides is 2. The molecule has 2 fully saturated rings. The maximum atomic E-state index is 14.3. The third-order valence-electron chi connectivity index (χ3n) is 5.62. The van der Waals surface area contributed by atoms with Gasteiger partial charge in [-0.3, -0.25) is 19.1 Å². The van der Waals surface area contributed by atoms with Gasteiger partial charge in [0, 0.05) is 37.8 Å². The minimum Gasteiger partial charge on any atom is -0.350 e. The normalized spacial score (nSPS) is 17.3. The second-order valence-corrected chi connectivity index (χ2v) is 10.6. The average molecular weight is 475 g/mol. The van der Waals surface area contributed by atoms with Gasteiger partial charge in [0.25, 0.3) is 0 Å². The van der Waals surface area contributed by atoms with Gasteiger partial charge in [0.1, 0.15) is 5.82 Å². The molecule has 2 aliphatic rings. The largest absolute Gasteiger partial charge is 0.350 e. The number of halogens is 1. The molecular formula is C23H31FN6O2S. The van der Waals surface area contributed by atoms with Crippen molar-refractivity contribution in [2.45, 2.75) is 50.4 Å². The van der Waals surface area contributed by atoms with Gasteiger partial charge in [0.15, 0.2) is 11.0 Å². The molecule has 0 spiro atoms. The van der Waals surface area contributed by atoms with Crippen LogP contribution < -0.4 is 5.32 Å². The molecule has 0 unspecified atom stereocenters. The van der Waals surface area contributed by atoms with Gasteiger partial charge in [-0.1, -0.05) is 23.9 Å². The summed E-state index contributed by atoms with van der Waals surface area (Å²) in [7, 11) is 0. The Morgan fingerprint density at radius 3 is 2.45 bits per heavy atom. The van der Waals surface area contributed by atoms with Crippen LogP contribution in [0.15, 0.2) is 29.4 Å².